The number of carbonyl (C=O) groups excluding carboxylic acids is 1. The van der Waals surface area contributed by atoms with Crippen molar-refractivity contribution in [2.24, 2.45) is 0 Å². The highest BCUT2D eigenvalue weighted by molar-refractivity contribution is 7.91. The predicted molar refractivity (Wildman–Crippen MR) is 134 cm³/mol. The van der Waals surface area contributed by atoms with Crippen LogP contribution < -0.4 is 4.90 Å². The molecule has 2 aromatic carbocycles. The Kier molecular flexibility index (Phi) is 9.00. The van der Waals surface area contributed by atoms with Crippen molar-refractivity contribution in [2.75, 3.05) is 44.1 Å². The summed E-state index contributed by atoms with van der Waals surface area (Å²) in [5.74, 6) is -0.661. The van der Waals surface area contributed by atoms with E-state index in [-0.39, 0.29) is 40.3 Å². The largest absolute Gasteiger partial charge is 0.308 e. The Bertz CT molecular complexity index is 1320. The van der Waals surface area contributed by atoms with Gasteiger partial charge in [0, 0.05) is 25.8 Å². The van der Waals surface area contributed by atoms with E-state index in [2.05, 4.69) is 4.98 Å². The molecule has 33 heavy (non-hydrogen) atoms. The van der Waals surface area contributed by atoms with Crippen molar-refractivity contribution in [2.45, 2.75) is 16.2 Å². The topological polar surface area (TPSA) is 105 Å². The normalized spacial score (nSPS) is 12.0. The number of halogens is 1. The number of amides is 1. The monoisotopic (exact) mass is 531 g/mol. The van der Waals surface area contributed by atoms with Crippen LogP contribution in [0.4, 0.5) is 5.13 Å². The highest BCUT2D eigenvalue weighted by Crippen LogP contribution is 2.31. The fourth-order valence-electron chi connectivity index (χ4n) is 2.97. The van der Waals surface area contributed by atoms with E-state index in [1.54, 1.807) is 30.3 Å². The Balaban J connectivity index is 0.00000385. The van der Waals surface area contributed by atoms with Crippen molar-refractivity contribution >= 4 is 64.7 Å². The maximum atomic E-state index is 13.1. The van der Waals surface area contributed by atoms with Crippen molar-refractivity contribution < 1.29 is 21.6 Å². The van der Waals surface area contributed by atoms with Crippen LogP contribution in [0.1, 0.15) is 6.42 Å². The predicted octanol–water partition coefficient (Wildman–Crippen LogP) is 2.88. The van der Waals surface area contributed by atoms with E-state index >= 15 is 0 Å². The molecule has 1 heterocycles. The van der Waals surface area contributed by atoms with Crippen LogP contribution in [0.2, 0.25) is 0 Å². The summed E-state index contributed by atoms with van der Waals surface area (Å²) in [5, 5.41) is 0.412. The zero-order chi connectivity index (χ0) is 23.5. The molecule has 0 atom stereocenters. The molecule has 0 aliphatic rings. The van der Waals surface area contributed by atoms with Crippen LogP contribution in [0.25, 0.3) is 10.2 Å². The lowest BCUT2D eigenvalue weighted by atomic mass is 10.3. The molecule has 0 radical (unpaired) electrons. The number of carbonyl (C=O) groups is 1. The molecule has 0 fully saturated rings. The van der Waals surface area contributed by atoms with E-state index in [9.17, 15) is 21.6 Å². The average molecular weight is 532 g/mol. The van der Waals surface area contributed by atoms with E-state index in [4.69, 9.17) is 0 Å². The SMILES string of the molecule is CN(C)CCN(C(=O)CCS(=O)(=O)c1ccccc1)c1nc2ccc(S(C)(=O)=O)cc2s1.Cl. The molecule has 0 aliphatic carbocycles. The van der Waals surface area contributed by atoms with E-state index in [1.165, 1.54) is 34.4 Å². The van der Waals surface area contributed by atoms with Crippen LogP contribution in [0.5, 0.6) is 0 Å². The number of hydrogen-bond acceptors (Lipinski definition) is 8. The van der Waals surface area contributed by atoms with Crippen LogP contribution in [-0.2, 0) is 24.5 Å². The molecule has 8 nitrogen and oxygen atoms in total. The first-order valence-corrected chi connectivity index (χ1v) is 14.2. The third-order valence-electron chi connectivity index (χ3n) is 4.77. The summed E-state index contributed by atoms with van der Waals surface area (Å²) in [4.78, 5) is 21.3. The second-order valence-corrected chi connectivity index (χ2v) is 12.8. The molecule has 3 rings (SSSR count). The summed E-state index contributed by atoms with van der Waals surface area (Å²) in [6.45, 7) is 0.887. The molecule has 0 aliphatic heterocycles. The number of nitrogens with zero attached hydrogens (tertiary/aromatic N) is 3. The zero-order valence-electron chi connectivity index (χ0n) is 18.5. The van der Waals surface area contributed by atoms with Crippen LogP contribution >= 0.6 is 23.7 Å². The van der Waals surface area contributed by atoms with E-state index < -0.39 is 19.7 Å². The smallest absolute Gasteiger partial charge is 0.229 e. The number of hydrogen-bond donors (Lipinski definition) is 0. The summed E-state index contributed by atoms with van der Waals surface area (Å²) < 4.78 is 49.5. The molecule has 0 N–H and O–H groups in total. The molecule has 1 amide bonds. The minimum Gasteiger partial charge on any atom is -0.308 e. The lowest BCUT2D eigenvalue weighted by molar-refractivity contribution is -0.118. The second-order valence-electron chi connectivity index (χ2n) is 7.63. The molecular formula is C21H26ClN3O5S3. The Morgan fingerprint density at radius 3 is 2.24 bits per heavy atom. The van der Waals surface area contributed by atoms with Gasteiger partial charge in [-0.2, -0.15) is 0 Å². The first kappa shape index (κ1) is 27.2. The van der Waals surface area contributed by atoms with Gasteiger partial charge in [-0.25, -0.2) is 21.8 Å². The van der Waals surface area contributed by atoms with Crippen molar-refractivity contribution in [3.63, 3.8) is 0 Å². The van der Waals surface area contributed by atoms with Crippen LogP contribution in [-0.4, -0.2) is 71.8 Å². The number of aromatic nitrogens is 1. The van der Waals surface area contributed by atoms with Gasteiger partial charge < -0.3 is 4.90 Å². The first-order valence-electron chi connectivity index (χ1n) is 9.81. The Morgan fingerprint density at radius 2 is 1.64 bits per heavy atom. The fraction of sp³-hybridized carbons (Fsp3) is 0.333. The maximum absolute atomic E-state index is 13.1. The number of likely N-dealkylation sites (N-methyl/N-ethyl adjacent to an activating group) is 1. The van der Waals surface area contributed by atoms with Crippen molar-refractivity contribution in [1.29, 1.82) is 0 Å². The number of fused-ring (bicyclic) bond motifs is 1. The lowest BCUT2D eigenvalue weighted by Gasteiger charge is -2.22. The summed E-state index contributed by atoms with van der Waals surface area (Å²) in [7, 11) is -3.21. The Morgan fingerprint density at radius 1 is 0.970 bits per heavy atom. The van der Waals surface area contributed by atoms with Gasteiger partial charge in [0.25, 0.3) is 0 Å². The quantitative estimate of drug-likeness (QED) is 0.418. The molecule has 3 aromatic rings. The standard InChI is InChI=1S/C21H25N3O5S3.ClH/c1-23(2)12-13-24(20(25)11-14-32(28,29)16-7-5-4-6-8-16)21-22-18-10-9-17(31(3,26)27)15-19(18)30-21;/h4-10,15H,11-14H2,1-3H3;1H. The van der Waals surface area contributed by atoms with Gasteiger partial charge in [0.2, 0.25) is 5.91 Å². The van der Waals surface area contributed by atoms with Gasteiger partial charge in [-0.15, -0.1) is 12.4 Å². The highest BCUT2D eigenvalue weighted by Gasteiger charge is 2.23. The molecule has 12 heteroatoms. The molecule has 180 valence electrons. The second kappa shape index (κ2) is 10.9. The van der Waals surface area contributed by atoms with E-state index in [0.717, 1.165) is 6.26 Å². The molecule has 0 saturated carbocycles. The van der Waals surface area contributed by atoms with Gasteiger partial charge in [0.05, 0.1) is 25.8 Å². The van der Waals surface area contributed by atoms with Gasteiger partial charge >= 0.3 is 0 Å². The average Bonchev–Trinajstić information content (AvgIpc) is 3.15. The lowest BCUT2D eigenvalue weighted by Crippen LogP contribution is -2.37. The van der Waals surface area contributed by atoms with Crippen molar-refractivity contribution in [3.05, 3.63) is 48.5 Å². The zero-order valence-corrected chi connectivity index (χ0v) is 21.7. The minimum atomic E-state index is -3.59. The maximum Gasteiger partial charge on any atom is 0.229 e. The van der Waals surface area contributed by atoms with Crippen LogP contribution in [0, 0.1) is 0 Å². The summed E-state index contributed by atoms with van der Waals surface area (Å²) in [5.41, 5.74) is 0.581. The summed E-state index contributed by atoms with van der Waals surface area (Å²) in [6, 6.07) is 12.7. The summed E-state index contributed by atoms with van der Waals surface area (Å²) in [6.07, 6.45) is 0.950. The minimum absolute atomic E-state index is 0. The molecule has 0 unspecified atom stereocenters. The van der Waals surface area contributed by atoms with E-state index in [1.807, 2.05) is 19.0 Å². The van der Waals surface area contributed by atoms with Gasteiger partial charge in [-0.1, -0.05) is 29.5 Å². The number of benzene rings is 2. The van der Waals surface area contributed by atoms with E-state index in [0.29, 0.717) is 28.4 Å². The Labute approximate surface area is 204 Å². The highest BCUT2D eigenvalue weighted by atomic mass is 35.5. The third-order valence-corrected chi connectivity index (χ3v) is 8.65. The van der Waals surface area contributed by atoms with Gasteiger partial charge in [-0.05, 0) is 44.4 Å². The number of anilines is 1. The van der Waals surface area contributed by atoms with Gasteiger partial charge in [0.15, 0.2) is 24.8 Å². The molecule has 0 bridgehead atoms. The number of sulfone groups is 2. The molecule has 1 aromatic heterocycles. The van der Waals surface area contributed by atoms with Gasteiger partial charge in [-0.3, -0.25) is 9.69 Å². The third kappa shape index (κ3) is 6.97. The fourth-order valence-corrected chi connectivity index (χ4v) is 5.99. The molecule has 0 saturated heterocycles. The van der Waals surface area contributed by atoms with Gasteiger partial charge in [0.1, 0.15) is 0 Å². The summed E-state index contributed by atoms with van der Waals surface area (Å²) >= 11 is 1.21. The van der Waals surface area contributed by atoms with Crippen molar-refractivity contribution in [1.82, 2.24) is 9.88 Å². The van der Waals surface area contributed by atoms with Crippen LogP contribution in [0.15, 0.2) is 58.3 Å². The van der Waals surface area contributed by atoms with Crippen molar-refractivity contribution in [3.8, 4) is 0 Å². The molecule has 0 spiro atoms. The first-order chi connectivity index (χ1) is 15.0. The number of thiazole rings is 1. The number of rotatable bonds is 9. The Hall–Kier alpha value is -2.05. The molecular weight excluding hydrogens is 506 g/mol. The van der Waals surface area contributed by atoms with Crippen LogP contribution in [0.3, 0.4) is 0 Å².